The molecule has 0 spiro atoms. The second-order valence-corrected chi connectivity index (χ2v) is 6.05. The van der Waals surface area contributed by atoms with Crippen molar-refractivity contribution < 1.29 is 25.3 Å². The summed E-state index contributed by atoms with van der Waals surface area (Å²) in [6.45, 7) is -3.65. The minimum atomic E-state index is -5.09. The van der Waals surface area contributed by atoms with Crippen LogP contribution in [0.4, 0.5) is 16.8 Å². The van der Waals surface area contributed by atoms with Crippen molar-refractivity contribution in [3.63, 3.8) is 0 Å². The van der Waals surface area contributed by atoms with Gasteiger partial charge in [0.25, 0.3) is 0 Å². The van der Waals surface area contributed by atoms with Crippen LogP contribution in [0.2, 0.25) is 0 Å². The van der Waals surface area contributed by atoms with Crippen LogP contribution in [0.5, 0.6) is 0 Å². The van der Waals surface area contributed by atoms with Gasteiger partial charge in [0.1, 0.15) is 0 Å². The third-order valence-corrected chi connectivity index (χ3v) is 4.08. The maximum Gasteiger partial charge on any atom is 0.482 e. The van der Waals surface area contributed by atoms with Crippen LogP contribution in [0, 0.1) is 10.5 Å². The fraction of sp³-hybridized carbons (Fsp3) is 0.250. The molecule has 0 fully saturated rings. The monoisotopic (exact) mass is 381 g/mol. The SMILES string of the molecule is Cc1c(I)cc(S(=O)(=O)F)cc1C[B-](F)(F)F. The summed E-state index contributed by atoms with van der Waals surface area (Å²) in [5.74, 6) is 0. The van der Waals surface area contributed by atoms with Crippen LogP contribution in [0.3, 0.4) is 0 Å². The van der Waals surface area contributed by atoms with Crippen LogP contribution >= 0.6 is 22.6 Å². The maximum atomic E-state index is 12.7. The Balaban J connectivity index is 3.36. The minimum absolute atomic E-state index is 0.208. The highest BCUT2D eigenvalue weighted by Gasteiger charge is 2.26. The first-order chi connectivity index (χ1) is 7.50. The van der Waals surface area contributed by atoms with E-state index in [9.17, 15) is 25.3 Å². The van der Waals surface area contributed by atoms with Gasteiger partial charge in [-0.2, -0.15) is 8.42 Å². The summed E-state index contributed by atoms with van der Waals surface area (Å²) >= 11 is 1.68. The average molecular weight is 381 g/mol. The molecule has 0 unspecified atom stereocenters. The lowest BCUT2D eigenvalue weighted by molar-refractivity contribution is 0.468. The number of hydrogen-bond acceptors (Lipinski definition) is 2. The molecule has 17 heavy (non-hydrogen) atoms. The van der Waals surface area contributed by atoms with E-state index in [4.69, 9.17) is 0 Å². The number of halogens is 5. The molecule has 1 aromatic rings. The fourth-order valence-corrected chi connectivity index (χ4v) is 2.75. The third-order valence-electron chi connectivity index (χ3n) is 2.16. The van der Waals surface area contributed by atoms with Gasteiger partial charge in [-0.3, -0.25) is 0 Å². The van der Waals surface area contributed by atoms with E-state index in [-0.39, 0.29) is 9.13 Å². The van der Waals surface area contributed by atoms with Crippen molar-refractivity contribution in [2.75, 3.05) is 0 Å². The summed E-state index contributed by atoms with van der Waals surface area (Å²) < 4.78 is 71.3. The minimum Gasteiger partial charge on any atom is -0.449 e. The summed E-state index contributed by atoms with van der Waals surface area (Å²) in [5, 5.41) is 0. The molecule has 0 saturated carbocycles. The molecule has 0 aliphatic rings. The summed E-state index contributed by atoms with van der Waals surface area (Å²) in [6, 6.07) is 1.75. The smallest absolute Gasteiger partial charge is 0.449 e. The molecule has 0 aliphatic carbocycles. The van der Waals surface area contributed by atoms with E-state index in [1.54, 1.807) is 22.6 Å². The Morgan fingerprint density at radius 3 is 2.24 bits per heavy atom. The molecular formula is C8H7BF4IO2S-. The van der Waals surface area contributed by atoms with Crippen molar-refractivity contribution in [1.29, 1.82) is 0 Å². The Hall–Kier alpha value is -0.315. The molecule has 0 aliphatic heterocycles. The molecule has 0 atom stereocenters. The van der Waals surface area contributed by atoms with Crippen molar-refractivity contribution in [2.45, 2.75) is 18.1 Å². The fourth-order valence-electron chi connectivity index (χ4n) is 1.31. The van der Waals surface area contributed by atoms with E-state index in [0.29, 0.717) is 5.56 Å². The first kappa shape index (κ1) is 14.7. The van der Waals surface area contributed by atoms with Crippen molar-refractivity contribution in [3.05, 3.63) is 26.8 Å². The van der Waals surface area contributed by atoms with Crippen LogP contribution in [0.1, 0.15) is 11.1 Å². The molecule has 9 heteroatoms. The molecule has 96 valence electrons. The number of benzene rings is 1. The highest BCUT2D eigenvalue weighted by Crippen LogP contribution is 2.26. The van der Waals surface area contributed by atoms with E-state index in [1.807, 2.05) is 0 Å². The molecule has 0 heterocycles. The van der Waals surface area contributed by atoms with Crippen molar-refractivity contribution in [2.24, 2.45) is 0 Å². The molecule has 0 aromatic heterocycles. The molecule has 0 saturated heterocycles. The van der Waals surface area contributed by atoms with E-state index >= 15 is 0 Å². The Bertz CT molecular complexity index is 541. The zero-order chi connectivity index (χ0) is 13.4. The molecule has 2 nitrogen and oxygen atoms in total. The predicted molar refractivity (Wildman–Crippen MR) is 65.0 cm³/mol. The number of hydrogen-bond donors (Lipinski definition) is 0. The zero-order valence-electron chi connectivity index (χ0n) is 8.55. The highest BCUT2D eigenvalue weighted by atomic mass is 127. The second-order valence-electron chi connectivity index (χ2n) is 3.54. The lowest BCUT2D eigenvalue weighted by Crippen LogP contribution is -2.20. The Kier molecular flexibility index (Phi) is 4.12. The molecular weight excluding hydrogens is 374 g/mol. The first-order valence-electron chi connectivity index (χ1n) is 4.45. The first-order valence-corrected chi connectivity index (χ1v) is 6.91. The predicted octanol–water partition coefficient (Wildman–Crippen LogP) is 3.19. The quantitative estimate of drug-likeness (QED) is 0.349. The normalized spacial score (nSPS) is 12.8. The van der Waals surface area contributed by atoms with Gasteiger partial charge < -0.3 is 12.9 Å². The third kappa shape index (κ3) is 4.13. The topological polar surface area (TPSA) is 34.1 Å². The largest absolute Gasteiger partial charge is 0.482 e. The molecule has 1 aromatic carbocycles. The van der Waals surface area contributed by atoms with Gasteiger partial charge in [-0.1, -0.05) is 11.9 Å². The van der Waals surface area contributed by atoms with Crippen LogP contribution in [-0.2, 0) is 16.5 Å². The van der Waals surface area contributed by atoms with Gasteiger partial charge in [0, 0.05) is 3.57 Å². The summed E-state index contributed by atoms with van der Waals surface area (Å²) in [5.41, 5.74) is 0.109. The maximum absolute atomic E-state index is 12.7. The lowest BCUT2D eigenvalue weighted by atomic mass is 9.80. The van der Waals surface area contributed by atoms with Gasteiger partial charge in [0.05, 0.1) is 4.90 Å². The standard InChI is InChI=1S/C8H7BF4IO2S/c1-5-6(4-9(10,11)12)2-7(3-8(5)14)17(13,15)16/h2-3H,4H2,1H3/q-1. The van der Waals surface area contributed by atoms with Crippen molar-refractivity contribution in [1.82, 2.24) is 0 Å². The van der Waals surface area contributed by atoms with E-state index in [2.05, 4.69) is 0 Å². The Morgan fingerprint density at radius 2 is 1.82 bits per heavy atom. The van der Waals surface area contributed by atoms with Crippen LogP contribution < -0.4 is 0 Å². The van der Waals surface area contributed by atoms with Crippen LogP contribution in [0.15, 0.2) is 17.0 Å². The van der Waals surface area contributed by atoms with Crippen molar-refractivity contribution >= 4 is 39.8 Å². The molecule has 0 bridgehead atoms. The van der Waals surface area contributed by atoms with Gasteiger partial charge in [0.15, 0.2) is 0 Å². The summed E-state index contributed by atoms with van der Waals surface area (Å²) in [4.78, 5) is -0.734. The van der Waals surface area contributed by atoms with Crippen LogP contribution in [-0.4, -0.2) is 15.4 Å². The number of rotatable bonds is 3. The molecule has 1 rings (SSSR count). The van der Waals surface area contributed by atoms with Gasteiger partial charge >= 0.3 is 17.2 Å². The molecule has 0 radical (unpaired) electrons. The van der Waals surface area contributed by atoms with E-state index in [0.717, 1.165) is 12.1 Å². The molecule has 0 N–H and O–H groups in total. The Labute approximate surface area is 110 Å². The van der Waals surface area contributed by atoms with Gasteiger partial charge in [0.2, 0.25) is 0 Å². The second kappa shape index (κ2) is 4.75. The zero-order valence-corrected chi connectivity index (χ0v) is 11.5. The average Bonchev–Trinajstić information content (AvgIpc) is 2.08. The molecule has 0 amide bonds. The Morgan fingerprint density at radius 1 is 1.29 bits per heavy atom. The van der Waals surface area contributed by atoms with Gasteiger partial charge in [-0.05, 0) is 47.2 Å². The van der Waals surface area contributed by atoms with Crippen molar-refractivity contribution in [3.8, 4) is 0 Å². The van der Waals surface area contributed by atoms with Crippen LogP contribution in [0.25, 0.3) is 0 Å². The van der Waals surface area contributed by atoms with E-state index < -0.39 is 28.4 Å². The van der Waals surface area contributed by atoms with E-state index in [1.165, 1.54) is 6.92 Å². The highest BCUT2D eigenvalue weighted by molar-refractivity contribution is 14.1. The lowest BCUT2D eigenvalue weighted by Gasteiger charge is -2.16. The summed E-state index contributed by atoms with van der Waals surface area (Å²) in [7, 11) is -4.99. The van der Waals surface area contributed by atoms with Gasteiger partial charge in [-0.25, -0.2) is 0 Å². The van der Waals surface area contributed by atoms with Gasteiger partial charge in [-0.15, -0.1) is 3.89 Å². The summed E-state index contributed by atoms with van der Waals surface area (Å²) in [6.07, 6.45) is -1.22.